The molecule has 0 unspecified atom stereocenters. The van der Waals surface area contributed by atoms with Crippen LogP contribution in [-0.4, -0.2) is 40.9 Å². The Morgan fingerprint density at radius 3 is 2.85 bits per heavy atom. The van der Waals surface area contributed by atoms with Crippen molar-refractivity contribution in [3.63, 3.8) is 0 Å². The maximum Gasteiger partial charge on any atom is 0.303 e. The average molecular weight is 377 g/mol. The van der Waals surface area contributed by atoms with Crippen LogP contribution in [0.25, 0.3) is 0 Å². The molecule has 26 heavy (non-hydrogen) atoms. The summed E-state index contributed by atoms with van der Waals surface area (Å²) in [6.45, 7) is 0.747. The van der Waals surface area contributed by atoms with Gasteiger partial charge in [-0.1, -0.05) is 23.7 Å². The topological polar surface area (TPSA) is 87.6 Å². The summed E-state index contributed by atoms with van der Waals surface area (Å²) in [5.41, 5.74) is 1.78. The van der Waals surface area contributed by atoms with Crippen LogP contribution in [0.1, 0.15) is 24.8 Å². The van der Waals surface area contributed by atoms with Crippen molar-refractivity contribution in [1.29, 1.82) is 0 Å². The number of rotatable bonds is 7. The van der Waals surface area contributed by atoms with Crippen molar-refractivity contribution >= 4 is 35.0 Å². The zero-order valence-corrected chi connectivity index (χ0v) is 15.2. The van der Waals surface area contributed by atoms with Crippen LogP contribution in [0.3, 0.4) is 0 Å². The monoisotopic (exact) mass is 376 g/mol. The van der Waals surface area contributed by atoms with Gasteiger partial charge in [-0.15, -0.1) is 0 Å². The Balaban J connectivity index is 1.69. The van der Waals surface area contributed by atoms with Crippen molar-refractivity contribution in [3.8, 4) is 0 Å². The fourth-order valence-corrected chi connectivity index (χ4v) is 3.03. The Hall–Kier alpha value is -2.38. The van der Waals surface area contributed by atoms with Crippen LogP contribution in [0.2, 0.25) is 5.02 Å². The molecule has 3 rings (SSSR count). The van der Waals surface area contributed by atoms with Gasteiger partial charge in [-0.05, 0) is 37.0 Å². The highest BCUT2D eigenvalue weighted by molar-refractivity contribution is 6.32. The minimum absolute atomic E-state index is 0.0243. The second-order valence-corrected chi connectivity index (χ2v) is 6.57. The molecular weight excluding hydrogens is 356 g/mol. The summed E-state index contributed by atoms with van der Waals surface area (Å²) in [4.78, 5) is 21.3. The molecule has 1 aliphatic heterocycles. The predicted molar refractivity (Wildman–Crippen MR) is 100 cm³/mol. The van der Waals surface area contributed by atoms with Crippen LogP contribution in [0.15, 0.2) is 30.5 Å². The van der Waals surface area contributed by atoms with E-state index in [9.17, 15) is 4.79 Å². The lowest BCUT2D eigenvalue weighted by atomic mass is 10.1. The van der Waals surface area contributed by atoms with Crippen molar-refractivity contribution in [1.82, 2.24) is 9.97 Å². The summed E-state index contributed by atoms with van der Waals surface area (Å²) in [5, 5.41) is 12.4. The highest BCUT2D eigenvalue weighted by Gasteiger charge is 2.23. The van der Waals surface area contributed by atoms with E-state index in [4.69, 9.17) is 21.4 Å². The van der Waals surface area contributed by atoms with Gasteiger partial charge in [-0.3, -0.25) is 4.79 Å². The molecule has 1 fully saturated rings. The number of aryl methyl sites for hydroxylation is 1. The van der Waals surface area contributed by atoms with Crippen LogP contribution in [0.5, 0.6) is 0 Å². The van der Waals surface area contributed by atoms with Crippen LogP contribution in [-0.2, 0) is 16.0 Å². The largest absolute Gasteiger partial charge is 0.481 e. The highest BCUT2D eigenvalue weighted by atomic mass is 35.5. The molecule has 138 valence electrons. The number of hydrogen-bond acceptors (Lipinski definition) is 6. The van der Waals surface area contributed by atoms with E-state index in [0.717, 1.165) is 30.7 Å². The first-order valence-corrected chi connectivity index (χ1v) is 8.85. The van der Waals surface area contributed by atoms with Gasteiger partial charge in [0, 0.05) is 25.8 Å². The number of carboxylic acid groups (broad SMARTS) is 1. The van der Waals surface area contributed by atoms with Crippen LogP contribution >= 0.6 is 11.6 Å². The smallest absolute Gasteiger partial charge is 0.303 e. The molecule has 0 aliphatic carbocycles. The van der Waals surface area contributed by atoms with Gasteiger partial charge >= 0.3 is 5.97 Å². The molecule has 1 aliphatic rings. The average Bonchev–Trinajstić information content (AvgIpc) is 3.17. The number of ether oxygens (including phenoxy) is 1. The van der Waals surface area contributed by atoms with Crippen molar-refractivity contribution in [2.75, 3.05) is 23.9 Å². The molecule has 2 aromatic rings. The van der Waals surface area contributed by atoms with Gasteiger partial charge in [0.25, 0.3) is 0 Å². The first-order valence-electron chi connectivity index (χ1n) is 8.47. The van der Waals surface area contributed by atoms with Crippen LogP contribution < -0.4 is 10.2 Å². The Kier molecular flexibility index (Phi) is 5.90. The molecule has 2 heterocycles. The molecule has 1 saturated heterocycles. The number of anilines is 3. The van der Waals surface area contributed by atoms with E-state index in [-0.39, 0.29) is 12.6 Å². The SMILES string of the molecule is CN(c1nc(Nc2ccc(CCC(=O)O)cc2)ncc1Cl)[C@H]1CCCO1. The second kappa shape index (κ2) is 8.33. The van der Waals surface area contributed by atoms with E-state index < -0.39 is 5.97 Å². The first-order chi connectivity index (χ1) is 12.5. The minimum atomic E-state index is -0.801. The molecule has 7 nitrogen and oxygen atoms in total. The molecule has 1 atom stereocenters. The fourth-order valence-electron chi connectivity index (χ4n) is 2.80. The lowest BCUT2D eigenvalue weighted by Gasteiger charge is -2.25. The lowest BCUT2D eigenvalue weighted by molar-refractivity contribution is -0.136. The first kappa shape index (κ1) is 18.4. The Bertz CT molecular complexity index is 764. The molecule has 1 aromatic heterocycles. The molecule has 0 saturated carbocycles. The van der Waals surface area contributed by atoms with Gasteiger partial charge in [-0.25, -0.2) is 4.98 Å². The fraction of sp³-hybridized carbons (Fsp3) is 0.389. The summed E-state index contributed by atoms with van der Waals surface area (Å²) < 4.78 is 5.68. The Labute approximate surface area is 157 Å². The summed E-state index contributed by atoms with van der Waals surface area (Å²) in [6.07, 6.45) is 4.13. The number of carboxylic acids is 1. The molecule has 0 bridgehead atoms. The van der Waals surface area contributed by atoms with Crippen molar-refractivity contribution in [3.05, 3.63) is 41.0 Å². The van der Waals surface area contributed by atoms with Crippen molar-refractivity contribution in [2.24, 2.45) is 0 Å². The van der Waals surface area contributed by atoms with E-state index in [0.29, 0.717) is 23.2 Å². The van der Waals surface area contributed by atoms with Gasteiger partial charge in [-0.2, -0.15) is 4.98 Å². The Morgan fingerprint density at radius 2 is 2.19 bits per heavy atom. The number of benzene rings is 1. The number of aromatic nitrogens is 2. The molecule has 0 spiro atoms. The zero-order chi connectivity index (χ0) is 18.5. The molecule has 0 amide bonds. The summed E-state index contributed by atoms with van der Waals surface area (Å²) in [5.74, 6) is 0.256. The normalized spacial score (nSPS) is 16.5. The molecule has 1 aromatic carbocycles. The second-order valence-electron chi connectivity index (χ2n) is 6.16. The number of nitrogens with one attached hydrogen (secondary N) is 1. The van der Waals surface area contributed by atoms with E-state index in [1.54, 1.807) is 6.20 Å². The third-order valence-electron chi connectivity index (χ3n) is 4.23. The number of nitrogens with zero attached hydrogens (tertiary/aromatic N) is 3. The summed E-state index contributed by atoms with van der Waals surface area (Å²) in [6, 6.07) is 7.53. The van der Waals surface area contributed by atoms with Gasteiger partial charge in [0.2, 0.25) is 5.95 Å². The van der Waals surface area contributed by atoms with Gasteiger partial charge in [0.15, 0.2) is 5.82 Å². The number of hydrogen-bond donors (Lipinski definition) is 2. The number of halogens is 1. The minimum Gasteiger partial charge on any atom is -0.481 e. The third-order valence-corrected chi connectivity index (χ3v) is 4.50. The zero-order valence-electron chi connectivity index (χ0n) is 14.5. The van der Waals surface area contributed by atoms with Crippen molar-refractivity contribution < 1.29 is 14.6 Å². The van der Waals surface area contributed by atoms with Gasteiger partial charge in [0.05, 0.1) is 6.20 Å². The third kappa shape index (κ3) is 4.62. The van der Waals surface area contributed by atoms with Gasteiger partial charge < -0.3 is 20.1 Å². The molecule has 8 heteroatoms. The van der Waals surface area contributed by atoms with Gasteiger partial charge in [0.1, 0.15) is 11.3 Å². The van der Waals surface area contributed by atoms with Crippen molar-refractivity contribution in [2.45, 2.75) is 31.9 Å². The molecule has 2 N–H and O–H groups in total. The van der Waals surface area contributed by atoms with E-state index in [1.165, 1.54) is 0 Å². The molecular formula is C18H21ClN4O3. The maximum absolute atomic E-state index is 10.6. The van der Waals surface area contributed by atoms with E-state index >= 15 is 0 Å². The standard InChI is InChI=1S/C18H21ClN4O3/c1-23(15-3-2-10-26-15)17-14(19)11-20-18(22-17)21-13-7-4-12(5-8-13)6-9-16(24)25/h4-5,7-8,11,15H,2-3,6,9-10H2,1H3,(H,24,25)(H,20,21,22)/t15-/m1/s1. The Morgan fingerprint density at radius 1 is 1.42 bits per heavy atom. The number of carbonyl (C=O) groups is 1. The quantitative estimate of drug-likeness (QED) is 0.764. The maximum atomic E-state index is 10.6. The lowest BCUT2D eigenvalue weighted by Crippen LogP contribution is -2.31. The van der Waals surface area contributed by atoms with Crippen LogP contribution in [0, 0.1) is 0 Å². The highest BCUT2D eigenvalue weighted by Crippen LogP contribution is 2.28. The van der Waals surface area contributed by atoms with E-state index in [1.807, 2.05) is 36.2 Å². The van der Waals surface area contributed by atoms with E-state index in [2.05, 4.69) is 15.3 Å². The molecule has 0 radical (unpaired) electrons. The predicted octanol–water partition coefficient (Wildman–Crippen LogP) is 3.46. The van der Waals surface area contributed by atoms with Crippen LogP contribution in [0.4, 0.5) is 17.5 Å². The summed E-state index contributed by atoms with van der Waals surface area (Å²) in [7, 11) is 1.91. The number of aliphatic carboxylic acids is 1. The summed E-state index contributed by atoms with van der Waals surface area (Å²) >= 11 is 6.26.